The van der Waals surface area contributed by atoms with Crippen LogP contribution in [-0.4, -0.2) is 35.0 Å². The number of fused-ring (bicyclic) bond motifs is 4. The lowest BCUT2D eigenvalue weighted by Gasteiger charge is -2.08. The highest BCUT2D eigenvalue weighted by molar-refractivity contribution is 7.88. The Balaban J connectivity index is 1.78. The molecule has 0 aliphatic carbocycles. The van der Waals surface area contributed by atoms with Crippen LogP contribution in [0.3, 0.4) is 0 Å². The second kappa shape index (κ2) is 6.76. The number of nitrogens with one attached hydrogen (secondary N) is 2. The number of amides is 1. The summed E-state index contributed by atoms with van der Waals surface area (Å²) >= 11 is 0. The quantitative estimate of drug-likeness (QED) is 0.422. The topological polar surface area (TPSA) is 171 Å². The molecule has 0 bridgehead atoms. The molecule has 0 atom stereocenters. The second-order valence-corrected chi connectivity index (χ2v) is 7.83. The van der Waals surface area contributed by atoms with Gasteiger partial charge >= 0.3 is 16.3 Å². The van der Waals surface area contributed by atoms with Crippen LogP contribution < -0.4 is 15.0 Å². The summed E-state index contributed by atoms with van der Waals surface area (Å²) in [5, 5.41) is 17.7. The minimum absolute atomic E-state index is 0.0725. The Morgan fingerprint density at radius 1 is 1.20 bits per heavy atom. The van der Waals surface area contributed by atoms with Crippen LogP contribution >= 0.6 is 0 Å². The minimum Gasteiger partial charge on any atom is -0.464 e. The van der Waals surface area contributed by atoms with Crippen molar-refractivity contribution in [1.82, 2.24) is 19.0 Å². The fourth-order valence-corrected chi connectivity index (χ4v) is 3.81. The van der Waals surface area contributed by atoms with Gasteiger partial charge < -0.3 is 5.11 Å². The summed E-state index contributed by atoms with van der Waals surface area (Å²) in [5.74, 6) is -0.547. The first-order valence-corrected chi connectivity index (χ1v) is 9.84. The number of hydrogen-bond acceptors (Lipinski definition) is 7. The lowest BCUT2D eigenvalue weighted by molar-refractivity contribution is 0.103. The van der Waals surface area contributed by atoms with Gasteiger partial charge in [0.15, 0.2) is 5.82 Å². The Kier molecular flexibility index (Phi) is 4.34. The minimum atomic E-state index is -4.28. The number of carboxylic acid groups (broad SMARTS) is 1. The first-order chi connectivity index (χ1) is 14.2. The maximum Gasteiger partial charge on any atom is 0.419 e. The number of benzene rings is 2. The number of rotatable bonds is 4. The van der Waals surface area contributed by atoms with Crippen LogP contribution in [0.5, 0.6) is 0 Å². The van der Waals surface area contributed by atoms with Crippen molar-refractivity contribution >= 4 is 33.0 Å². The SMILES string of the molecule is N#Cc1ccc2c(c1)C(=O)c1nc3ccc(CNS(=O)(=O)NC(=O)O)cc3c(=O)n1-2. The highest BCUT2D eigenvalue weighted by atomic mass is 32.2. The fraction of sp³-hybridized carbons (Fsp3) is 0.0556. The molecular formula is C18H11N5O6S. The first-order valence-electron chi connectivity index (χ1n) is 8.35. The molecule has 0 spiro atoms. The van der Waals surface area contributed by atoms with Crippen LogP contribution in [0, 0.1) is 11.3 Å². The fourth-order valence-electron chi connectivity index (χ4n) is 3.15. The highest BCUT2D eigenvalue weighted by Gasteiger charge is 2.30. The molecule has 1 amide bonds. The van der Waals surface area contributed by atoms with Gasteiger partial charge in [0.2, 0.25) is 5.78 Å². The predicted octanol–water partition coefficient (Wildman–Crippen LogP) is 0.404. The van der Waals surface area contributed by atoms with Gasteiger partial charge in [-0.2, -0.15) is 18.4 Å². The van der Waals surface area contributed by atoms with Crippen LogP contribution in [0.25, 0.3) is 16.6 Å². The summed E-state index contributed by atoms with van der Waals surface area (Å²) < 4.78 is 27.7. The molecule has 1 aliphatic rings. The maximum atomic E-state index is 13.1. The van der Waals surface area contributed by atoms with Crippen molar-refractivity contribution < 1.29 is 23.1 Å². The molecule has 3 aromatic rings. The molecule has 0 unspecified atom stereocenters. The van der Waals surface area contributed by atoms with Gasteiger partial charge in [0, 0.05) is 6.54 Å². The van der Waals surface area contributed by atoms with Crippen molar-refractivity contribution in [2.75, 3.05) is 0 Å². The molecule has 12 heteroatoms. The van der Waals surface area contributed by atoms with E-state index in [0.29, 0.717) is 11.3 Å². The molecule has 0 radical (unpaired) electrons. The Labute approximate surface area is 168 Å². The van der Waals surface area contributed by atoms with E-state index in [1.807, 2.05) is 10.8 Å². The van der Waals surface area contributed by atoms with E-state index in [2.05, 4.69) is 4.98 Å². The van der Waals surface area contributed by atoms with E-state index in [4.69, 9.17) is 10.4 Å². The molecule has 4 rings (SSSR count). The van der Waals surface area contributed by atoms with Crippen LogP contribution in [-0.2, 0) is 16.8 Å². The number of nitrogens with zero attached hydrogens (tertiary/aromatic N) is 3. The van der Waals surface area contributed by atoms with Gasteiger partial charge in [0.05, 0.1) is 33.8 Å². The zero-order chi connectivity index (χ0) is 21.6. The number of carbonyl (C=O) groups is 2. The van der Waals surface area contributed by atoms with E-state index in [1.165, 1.54) is 41.1 Å². The third-order valence-corrected chi connectivity index (χ3v) is 5.40. The van der Waals surface area contributed by atoms with E-state index >= 15 is 0 Å². The third kappa shape index (κ3) is 3.17. The smallest absolute Gasteiger partial charge is 0.419 e. The molecule has 3 N–H and O–H groups in total. The lowest BCUT2D eigenvalue weighted by atomic mass is 10.1. The van der Waals surface area contributed by atoms with Gasteiger partial charge in [-0.15, -0.1) is 0 Å². The van der Waals surface area contributed by atoms with E-state index in [0.717, 1.165) is 4.57 Å². The number of carbonyl (C=O) groups excluding carboxylic acids is 1. The number of aromatic nitrogens is 2. The average Bonchev–Trinajstić information content (AvgIpc) is 2.97. The van der Waals surface area contributed by atoms with E-state index in [1.54, 1.807) is 0 Å². The summed E-state index contributed by atoms with van der Waals surface area (Å²) in [6.07, 6.45) is -1.73. The van der Waals surface area contributed by atoms with Gasteiger partial charge in [-0.1, -0.05) is 6.07 Å². The van der Waals surface area contributed by atoms with Crippen LogP contribution in [0.4, 0.5) is 4.79 Å². The summed E-state index contributed by atoms with van der Waals surface area (Å²) in [5.41, 5.74) is 0.870. The molecule has 1 aliphatic heterocycles. The van der Waals surface area contributed by atoms with Crippen molar-refractivity contribution in [2.45, 2.75) is 6.54 Å². The van der Waals surface area contributed by atoms with Crippen LogP contribution in [0.1, 0.15) is 27.3 Å². The number of nitriles is 1. The van der Waals surface area contributed by atoms with Crippen molar-refractivity contribution in [3.63, 3.8) is 0 Å². The second-order valence-electron chi connectivity index (χ2n) is 6.33. The largest absolute Gasteiger partial charge is 0.464 e. The third-order valence-electron chi connectivity index (χ3n) is 4.43. The normalized spacial score (nSPS) is 12.3. The summed E-state index contributed by atoms with van der Waals surface area (Å²) in [6.45, 7) is -0.277. The molecule has 150 valence electrons. The van der Waals surface area contributed by atoms with Crippen LogP contribution in [0.2, 0.25) is 0 Å². The molecule has 30 heavy (non-hydrogen) atoms. The molecule has 11 nitrogen and oxygen atoms in total. The van der Waals surface area contributed by atoms with E-state index in [9.17, 15) is 22.8 Å². The molecule has 0 fully saturated rings. The van der Waals surface area contributed by atoms with Gasteiger partial charge in [-0.05, 0) is 35.9 Å². The molecule has 0 saturated carbocycles. The van der Waals surface area contributed by atoms with Gasteiger partial charge in [-0.25, -0.2) is 14.5 Å². The van der Waals surface area contributed by atoms with Crippen molar-refractivity contribution in [2.24, 2.45) is 0 Å². The van der Waals surface area contributed by atoms with Crippen molar-refractivity contribution in [3.05, 3.63) is 69.3 Å². The zero-order valence-corrected chi connectivity index (χ0v) is 15.7. The Morgan fingerprint density at radius 3 is 2.67 bits per heavy atom. The molecular weight excluding hydrogens is 414 g/mol. The van der Waals surface area contributed by atoms with Crippen LogP contribution in [0.15, 0.2) is 41.2 Å². The summed E-state index contributed by atoms with van der Waals surface area (Å²) in [4.78, 5) is 40.5. The zero-order valence-electron chi connectivity index (χ0n) is 14.9. The number of ketones is 1. The summed E-state index contributed by atoms with van der Waals surface area (Å²) in [7, 11) is -4.28. The molecule has 0 saturated heterocycles. The predicted molar refractivity (Wildman–Crippen MR) is 102 cm³/mol. The molecule has 2 heterocycles. The van der Waals surface area contributed by atoms with Crippen molar-refractivity contribution in [3.8, 4) is 11.8 Å². The first kappa shape index (κ1) is 19.2. The van der Waals surface area contributed by atoms with Gasteiger partial charge in [0.25, 0.3) is 5.56 Å². The van der Waals surface area contributed by atoms with Gasteiger partial charge in [-0.3, -0.25) is 14.2 Å². The molecule has 1 aromatic heterocycles. The highest BCUT2D eigenvalue weighted by Crippen LogP contribution is 2.27. The molecule has 2 aromatic carbocycles. The summed E-state index contributed by atoms with van der Waals surface area (Å²) in [6, 6.07) is 10.7. The van der Waals surface area contributed by atoms with Crippen molar-refractivity contribution in [1.29, 1.82) is 5.26 Å². The van der Waals surface area contributed by atoms with E-state index in [-0.39, 0.29) is 34.4 Å². The maximum absolute atomic E-state index is 13.1. The van der Waals surface area contributed by atoms with E-state index < -0.39 is 27.6 Å². The monoisotopic (exact) mass is 425 g/mol. The standard InChI is InChI=1S/C18H11N5O6S/c19-7-9-2-4-14-12(5-9)15(24)16-21-13-3-1-10(6-11(13)17(25)23(14)16)8-20-30(28,29)22-18(26)27/h1-6,20,22H,8H2,(H,26,27). The Hall–Kier alpha value is -4.08. The average molecular weight is 425 g/mol. The number of hydrogen-bond donors (Lipinski definition) is 3. The lowest BCUT2D eigenvalue weighted by Crippen LogP contribution is -2.39. The Bertz CT molecular complexity index is 1470. The Morgan fingerprint density at radius 2 is 1.97 bits per heavy atom. The van der Waals surface area contributed by atoms with Gasteiger partial charge in [0.1, 0.15) is 0 Å².